The van der Waals surface area contributed by atoms with Crippen LogP contribution >= 0.6 is 0 Å². The Bertz CT molecular complexity index is 361. The predicted octanol–water partition coefficient (Wildman–Crippen LogP) is 1.12. The molecule has 1 aromatic carbocycles. The van der Waals surface area contributed by atoms with Crippen LogP contribution in [0.4, 0.5) is 0 Å². The second-order valence-electron chi connectivity index (χ2n) is 3.08. The highest BCUT2D eigenvalue weighted by Gasteiger charge is 2.15. The molecule has 88 valence electrons. The topological polar surface area (TPSA) is 65.0 Å². The highest BCUT2D eigenvalue weighted by atomic mass is 16.6. The average molecular weight is 226 g/mol. The molecule has 16 heavy (non-hydrogen) atoms. The van der Waals surface area contributed by atoms with E-state index in [1.165, 1.54) is 21.1 Å². The fourth-order valence-corrected chi connectivity index (χ4v) is 1.27. The summed E-state index contributed by atoms with van der Waals surface area (Å²) in [7, 11) is 2.89. The molecular weight excluding hydrogens is 212 g/mol. The van der Waals surface area contributed by atoms with E-state index in [-0.39, 0.29) is 12.4 Å². The van der Waals surface area contributed by atoms with Crippen molar-refractivity contribution in [2.45, 2.75) is 13.5 Å². The molecule has 0 aliphatic heterocycles. The first kappa shape index (κ1) is 12.3. The molecule has 0 spiro atoms. The van der Waals surface area contributed by atoms with E-state index in [9.17, 15) is 4.79 Å². The van der Waals surface area contributed by atoms with Crippen LogP contribution in [0.3, 0.4) is 0 Å². The van der Waals surface area contributed by atoms with E-state index >= 15 is 0 Å². The second kappa shape index (κ2) is 5.37. The maximum absolute atomic E-state index is 10.9. The van der Waals surface area contributed by atoms with Gasteiger partial charge in [0.15, 0.2) is 11.5 Å². The summed E-state index contributed by atoms with van der Waals surface area (Å²) in [5.41, 5.74) is 0.615. The number of aliphatic hydroxyl groups excluding tert-OH is 1. The summed E-state index contributed by atoms with van der Waals surface area (Å²) >= 11 is 0. The average Bonchev–Trinajstić information content (AvgIpc) is 2.28. The van der Waals surface area contributed by atoms with Gasteiger partial charge < -0.3 is 19.3 Å². The van der Waals surface area contributed by atoms with E-state index in [0.29, 0.717) is 17.1 Å². The van der Waals surface area contributed by atoms with Crippen molar-refractivity contribution in [3.05, 3.63) is 17.7 Å². The van der Waals surface area contributed by atoms with Gasteiger partial charge in [0.1, 0.15) is 0 Å². The molecule has 0 bridgehead atoms. The van der Waals surface area contributed by atoms with Crippen molar-refractivity contribution in [1.82, 2.24) is 0 Å². The number of methoxy groups -OCH3 is 2. The number of hydrogen-bond donors (Lipinski definition) is 1. The molecule has 0 fully saturated rings. The van der Waals surface area contributed by atoms with Crippen molar-refractivity contribution in [3.8, 4) is 17.2 Å². The molecule has 0 saturated heterocycles. The molecular formula is C11H14O5. The van der Waals surface area contributed by atoms with Crippen LogP contribution < -0.4 is 14.2 Å². The number of hydrogen-bond acceptors (Lipinski definition) is 5. The van der Waals surface area contributed by atoms with Crippen LogP contribution in [0.5, 0.6) is 17.2 Å². The Morgan fingerprint density at radius 3 is 2.06 bits per heavy atom. The third-order valence-corrected chi connectivity index (χ3v) is 1.95. The van der Waals surface area contributed by atoms with Crippen LogP contribution in [-0.4, -0.2) is 25.3 Å². The van der Waals surface area contributed by atoms with Gasteiger partial charge in [-0.05, 0) is 17.7 Å². The minimum atomic E-state index is -0.464. The molecule has 5 nitrogen and oxygen atoms in total. The van der Waals surface area contributed by atoms with E-state index in [1.807, 2.05) is 0 Å². The lowest BCUT2D eigenvalue weighted by molar-refractivity contribution is -0.132. The van der Waals surface area contributed by atoms with E-state index in [4.69, 9.17) is 19.3 Å². The fourth-order valence-electron chi connectivity index (χ4n) is 1.27. The Kier molecular flexibility index (Phi) is 4.13. The van der Waals surface area contributed by atoms with Crippen molar-refractivity contribution in [2.24, 2.45) is 0 Å². The van der Waals surface area contributed by atoms with Crippen LogP contribution in [0.1, 0.15) is 12.5 Å². The molecule has 0 heterocycles. The third kappa shape index (κ3) is 2.64. The summed E-state index contributed by atoms with van der Waals surface area (Å²) in [5, 5.41) is 9.03. The molecule has 5 heteroatoms. The summed E-state index contributed by atoms with van der Waals surface area (Å²) in [6.45, 7) is 1.14. The number of benzene rings is 1. The van der Waals surface area contributed by atoms with Gasteiger partial charge in [-0.2, -0.15) is 0 Å². The molecule has 1 aromatic rings. The first-order valence-corrected chi connectivity index (χ1v) is 4.66. The minimum Gasteiger partial charge on any atom is -0.493 e. The third-order valence-electron chi connectivity index (χ3n) is 1.95. The number of aliphatic hydroxyl groups is 1. The Balaban J connectivity index is 3.25. The predicted molar refractivity (Wildman–Crippen MR) is 56.8 cm³/mol. The van der Waals surface area contributed by atoms with Gasteiger partial charge in [0.25, 0.3) is 0 Å². The van der Waals surface area contributed by atoms with Crippen LogP contribution in [0, 0.1) is 0 Å². The van der Waals surface area contributed by atoms with Gasteiger partial charge >= 0.3 is 5.97 Å². The number of carbonyl (C=O) groups is 1. The maximum atomic E-state index is 10.9. The van der Waals surface area contributed by atoms with Crippen LogP contribution in [0.15, 0.2) is 12.1 Å². The standard InChI is InChI=1S/C11H14O5/c1-7(13)16-11-9(14-2)4-8(6-12)5-10(11)15-3/h4-5,12H,6H2,1-3H3. The van der Waals surface area contributed by atoms with Gasteiger partial charge in [-0.15, -0.1) is 0 Å². The van der Waals surface area contributed by atoms with Gasteiger partial charge in [0.2, 0.25) is 5.75 Å². The van der Waals surface area contributed by atoms with Crippen LogP contribution in [0.2, 0.25) is 0 Å². The number of ether oxygens (including phenoxy) is 3. The molecule has 0 amide bonds. The molecule has 0 aromatic heterocycles. The quantitative estimate of drug-likeness (QED) is 0.615. The molecule has 1 N–H and O–H groups in total. The second-order valence-corrected chi connectivity index (χ2v) is 3.08. The van der Waals surface area contributed by atoms with E-state index in [2.05, 4.69) is 0 Å². The van der Waals surface area contributed by atoms with E-state index < -0.39 is 5.97 Å². The van der Waals surface area contributed by atoms with Crippen molar-refractivity contribution in [3.63, 3.8) is 0 Å². The zero-order valence-corrected chi connectivity index (χ0v) is 9.44. The van der Waals surface area contributed by atoms with Crippen molar-refractivity contribution in [1.29, 1.82) is 0 Å². The molecule has 0 atom stereocenters. The summed E-state index contributed by atoms with van der Waals surface area (Å²) < 4.78 is 15.1. The first-order chi connectivity index (χ1) is 7.62. The number of rotatable bonds is 4. The van der Waals surface area contributed by atoms with Gasteiger partial charge in [-0.3, -0.25) is 4.79 Å². The zero-order valence-electron chi connectivity index (χ0n) is 9.44. The van der Waals surface area contributed by atoms with Crippen molar-refractivity contribution in [2.75, 3.05) is 14.2 Å². The lowest BCUT2D eigenvalue weighted by atomic mass is 10.2. The lowest BCUT2D eigenvalue weighted by Gasteiger charge is -2.13. The Morgan fingerprint density at radius 1 is 1.25 bits per heavy atom. The lowest BCUT2D eigenvalue weighted by Crippen LogP contribution is -2.05. The zero-order chi connectivity index (χ0) is 12.1. The molecule has 0 aliphatic rings. The molecule has 0 unspecified atom stereocenters. The molecule has 0 saturated carbocycles. The van der Waals surface area contributed by atoms with Gasteiger partial charge in [-0.1, -0.05) is 0 Å². The normalized spacial score (nSPS) is 9.75. The highest BCUT2D eigenvalue weighted by Crippen LogP contribution is 2.38. The first-order valence-electron chi connectivity index (χ1n) is 4.66. The summed E-state index contributed by atoms with van der Waals surface area (Å²) in [5.74, 6) is 0.445. The van der Waals surface area contributed by atoms with Gasteiger partial charge in [0, 0.05) is 6.92 Å². The summed E-state index contributed by atoms with van der Waals surface area (Å²) in [6, 6.07) is 3.17. The van der Waals surface area contributed by atoms with Crippen molar-refractivity contribution >= 4 is 5.97 Å². The van der Waals surface area contributed by atoms with Gasteiger partial charge in [0.05, 0.1) is 20.8 Å². The number of carbonyl (C=O) groups excluding carboxylic acids is 1. The summed E-state index contributed by atoms with van der Waals surface area (Å²) in [6.07, 6.45) is 0. The molecule has 1 rings (SSSR count). The monoisotopic (exact) mass is 226 g/mol. The Hall–Kier alpha value is -1.75. The minimum absolute atomic E-state index is 0.146. The highest BCUT2D eigenvalue weighted by molar-refractivity contribution is 5.72. The summed E-state index contributed by atoms with van der Waals surface area (Å²) in [4.78, 5) is 10.9. The van der Waals surface area contributed by atoms with Crippen LogP contribution in [0.25, 0.3) is 0 Å². The smallest absolute Gasteiger partial charge is 0.308 e. The largest absolute Gasteiger partial charge is 0.493 e. The SMILES string of the molecule is COc1cc(CO)cc(OC)c1OC(C)=O. The van der Waals surface area contributed by atoms with Gasteiger partial charge in [-0.25, -0.2) is 0 Å². The maximum Gasteiger partial charge on any atom is 0.308 e. The van der Waals surface area contributed by atoms with Crippen LogP contribution in [-0.2, 0) is 11.4 Å². The van der Waals surface area contributed by atoms with E-state index in [0.717, 1.165) is 0 Å². The van der Waals surface area contributed by atoms with E-state index in [1.54, 1.807) is 12.1 Å². The molecule has 0 aliphatic carbocycles. The Labute approximate surface area is 93.6 Å². The molecule has 0 radical (unpaired) electrons. The van der Waals surface area contributed by atoms with Crippen molar-refractivity contribution < 1.29 is 24.1 Å². The Morgan fingerprint density at radius 2 is 1.75 bits per heavy atom. The number of esters is 1. The fraction of sp³-hybridized carbons (Fsp3) is 0.364.